The number of aryl methyl sites for hydroxylation is 1. The Balaban J connectivity index is 3.03. The minimum Gasteiger partial charge on any atom is -0.496 e. The molecule has 0 spiro atoms. The van der Waals surface area contributed by atoms with Crippen LogP contribution in [0.4, 0.5) is 0 Å². The predicted molar refractivity (Wildman–Crippen MR) is 60.5 cm³/mol. The quantitative estimate of drug-likeness (QED) is 0.610. The number of carbonyl (C=O) groups excluding carboxylic acids is 1. The SMILES string of the molecule is COc1ccc(C)cc1C(=O)CCS. The van der Waals surface area contributed by atoms with E-state index in [0.717, 1.165) is 5.56 Å². The molecule has 76 valence electrons. The molecule has 0 aliphatic heterocycles. The Morgan fingerprint density at radius 3 is 2.79 bits per heavy atom. The molecule has 0 atom stereocenters. The molecule has 0 amide bonds. The van der Waals surface area contributed by atoms with E-state index < -0.39 is 0 Å². The van der Waals surface area contributed by atoms with Crippen LogP contribution in [0.3, 0.4) is 0 Å². The van der Waals surface area contributed by atoms with E-state index in [9.17, 15) is 4.79 Å². The molecule has 2 nitrogen and oxygen atoms in total. The van der Waals surface area contributed by atoms with Crippen molar-refractivity contribution in [2.24, 2.45) is 0 Å². The molecule has 0 saturated heterocycles. The standard InChI is InChI=1S/C11H14O2S/c1-8-3-4-11(13-2)9(7-8)10(12)5-6-14/h3-4,7,14H,5-6H2,1-2H3. The average molecular weight is 210 g/mol. The number of ketones is 1. The van der Waals surface area contributed by atoms with Crippen molar-refractivity contribution in [1.29, 1.82) is 0 Å². The average Bonchev–Trinajstić information content (AvgIpc) is 2.18. The maximum absolute atomic E-state index is 11.6. The summed E-state index contributed by atoms with van der Waals surface area (Å²) >= 11 is 4.04. The van der Waals surface area contributed by atoms with Crippen molar-refractivity contribution >= 4 is 18.4 Å². The van der Waals surface area contributed by atoms with Crippen molar-refractivity contribution in [2.45, 2.75) is 13.3 Å². The zero-order chi connectivity index (χ0) is 10.6. The van der Waals surface area contributed by atoms with Gasteiger partial charge in [-0.25, -0.2) is 0 Å². The molecule has 0 aliphatic carbocycles. The largest absolute Gasteiger partial charge is 0.496 e. The van der Waals surface area contributed by atoms with Gasteiger partial charge < -0.3 is 4.74 Å². The van der Waals surface area contributed by atoms with E-state index in [1.807, 2.05) is 25.1 Å². The highest BCUT2D eigenvalue weighted by atomic mass is 32.1. The summed E-state index contributed by atoms with van der Waals surface area (Å²) in [5, 5.41) is 0. The fourth-order valence-corrected chi connectivity index (χ4v) is 1.48. The van der Waals surface area contributed by atoms with Crippen molar-refractivity contribution in [3.63, 3.8) is 0 Å². The van der Waals surface area contributed by atoms with Gasteiger partial charge in [-0.3, -0.25) is 4.79 Å². The molecular weight excluding hydrogens is 196 g/mol. The van der Waals surface area contributed by atoms with E-state index in [4.69, 9.17) is 4.74 Å². The van der Waals surface area contributed by atoms with E-state index in [1.54, 1.807) is 7.11 Å². The van der Waals surface area contributed by atoms with E-state index in [0.29, 0.717) is 23.5 Å². The van der Waals surface area contributed by atoms with Gasteiger partial charge in [0.25, 0.3) is 0 Å². The zero-order valence-corrected chi connectivity index (χ0v) is 9.30. The molecular formula is C11H14O2S. The number of Topliss-reactive ketones (excluding diaryl/α,β-unsaturated/α-hetero) is 1. The van der Waals surface area contributed by atoms with Crippen molar-refractivity contribution in [3.8, 4) is 5.75 Å². The molecule has 0 N–H and O–H groups in total. The highest BCUT2D eigenvalue weighted by molar-refractivity contribution is 7.80. The summed E-state index contributed by atoms with van der Waals surface area (Å²) in [6.45, 7) is 1.96. The Morgan fingerprint density at radius 1 is 1.50 bits per heavy atom. The second-order valence-corrected chi connectivity index (χ2v) is 3.55. The Labute approximate surface area is 89.7 Å². The first kappa shape index (κ1) is 11.1. The third-order valence-corrected chi connectivity index (χ3v) is 2.22. The molecule has 0 heterocycles. The lowest BCUT2D eigenvalue weighted by molar-refractivity contribution is 0.0986. The normalized spacial score (nSPS) is 9.93. The monoisotopic (exact) mass is 210 g/mol. The number of ether oxygens (including phenoxy) is 1. The Bertz CT molecular complexity index is 334. The molecule has 0 bridgehead atoms. The topological polar surface area (TPSA) is 26.3 Å². The summed E-state index contributed by atoms with van der Waals surface area (Å²) in [6, 6.07) is 5.60. The molecule has 0 unspecified atom stereocenters. The van der Waals surface area contributed by atoms with Gasteiger partial charge in [0.1, 0.15) is 5.75 Å². The molecule has 0 fully saturated rings. The number of hydrogen-bond donors (Lipinski definition) is 1. The second-order valence-electron chi connectivity index (χ2n) is 3.10. The van der Waals surface area contributed by atoms with Crippen LogP contribution < -0.4 is 4.74 Å². The maximum atomic E-state index is 11.6. The number of benzene rings is 1. The van der Waals surface area contributed by atoms with Gasteiger partial charge in [0, 0.05) is 6.42 Å². The fourth-order valence-electron chi connectivity index (χ4n) is 1.28. The van der Waals surface area contributed by atoms with Crippen LogP contribution in [0.5, 0.6) is 5.75 Å². The lowest BCUT2D eigenvalue weighted by Gasteiger charge is -2.07. The first-order chi connectivity index (χ1) is 6.69. The predicted octanol–water partition coefficient (Wildman–Crippen LogP) is 2.51. The summed E-state index contributed by atoms with van der Waals surface area (Å²) in [6.07, 6.45) is 0.447. The Kier molecular flexibility index (Phi) is 4.01. The molecule has 0 saturated carbocycles. The van der Waals surface area contributed by atoms with E-state index in [-0.39, 0.29) is 5.78 Å². The minimum atomic E-state index is 0.0838. The third-order valence-electron chi connectivity index (χ3n) is 1.99. The van der Waals surface area contributed by atoms with Crippen LogP contribution in [-0.2, 0) is 0 Å². The van der Waals surface area contributed by atoms with E-state index in [2.05, 4.69) is 12.6 Å². The first-order valence-electron chi connectivity index (χ1n) is 4.47. The second kappa shape index (κ2) is 5.05. The summed E-state index contributed by atoms with van der Waals surface area (Å²) < 4.78 is 5.12. The molecule has 0 aromatic heterocycles. The van der Waals surface area contributed by atoms with Gasteiger partial charge in [-0.1, -0.05) is 11.6 Å². The third kappa shape index (κ3) is 2.51. The lowest BCUT2D eigenvalue weighted by atomic mass is 10.1. The molecule has 1 aromatic carbocycles. The van der Waals surface area contributed by atoms with Crippen LogP contribution in [-0.4, -0.2) is 18.6 Å². The van der Waals surface area contributed by atoms with Crippen molar-refractivity contribution in [2.75, 3.05) is 12.9 Å². The number of thiol groups is 1. The van der Waals surface area contributed by atoms with Crippen molar-refractivity contribution in [3.05, 3.63) is 29.3 Å². The van der Waals surface area contributed by atoms with Crippen LogP contribution in [0, 0.1) is 6.92 Å². The van der Waals surface area contributed by atoms with Crippen molar-refractivity contribution < 1.29 is 9.53 Å². The lowest BCUT2D eigenvalue weighted by Crippen LogP contribution is -2.03. The molecule has 1 rings (SSSR count). The zero-order valence-electron chi connectivity index (χ0n) is 8.41. The van der Waals surface area contributed by atoms with Gasteiger partial charge in [0.05, 0.1) is 12.7 Å². The van der Waals surface area contributed by atoms with Gasteiger partial charge in [-0.05, 0) is 24.8 Å². The van der Waals surface area contributed by atoms with Crippen LogP contribution in [0.15, 0.2) is 18.2 Å². The molecule has 3 heteroatoms. The molecule has 1 aromatic rings. The van der Waals surface area contributed by atoms with Gasteiger partial charge in [-0.2, -0.15) is 12.6 Å². The number of carbonyl (C=O) groups is 1. The summed E-state index contributed by atoms with van der Waals surface area (Å²) in [7, 11) is 1.57. The summed E-state index contributed by atoms with van der Waals surface area (Å²) in [5.74, 6) is 1.29. The van der Waals surface area contributed by atoms with Gasteiger partial charge in [-0.15, -0.1) is 0 Å². The fraction of sp³-hybridized carbons (Fsp3) is 0.364. The first-order valence-corrected chi connectivity index (χ1v) is 5.11. The van der Waals surface area contributed by atoms with Crippen LogP contribution >= 0.6 is 12.6 Å². The molecule has 0 aliphatic rings. The number of methoxy groups -OCH3 is 1. The minimum absolute atomic E-state index is 0.0838. The Hall–Kier alpha value is -0.960. The van der Waals surface area contributed by atoms with Gasteiger partial charge in [0.2, 0.25) is 0 Å². The highest BCUT2D eigenvalue weighted by Crippen LogP contribution is 2.21. The van der Waals surface area contributed by atoms with Gasteiger partial charge >= 0.3 is 0 Å². The van der Waals surface area contributed by atoms with E-state index >= 15 is 0 Å². The van der Waals surface area contributed by atoms with Crippen LogP contribution in [0.1, 0.15) is 22.3 Å². The summed E-state index contributed by atoms with van der Waals surface area (Å²) in [5.41, 5.74) is 1.72. The number of hydrogen-bond acceptors (Lipinski definition) is 3. The highest BCUT2D eigenvalue weighted by Gasteiger charge is 2.10. The van der Waals surface area contributed by atoms with Gasteiger partial charge in [0.15, 0.2) is 5.78 Å². The molecule has 0 radical (unpaired) electrons. The molecule has 14 heavy (non-hydrogen) atoms. The van der Waals surface area contributed by atoms with Crippen LogP contribution in [0.25, 0.3) is 0 Å². The van der Waals surface area contributed by atoms with Crippen LogP contribution in [0.2, 0.25) is 0 Å². The van der Waals surface area contributed by atoms with Crippen molar-refractivity contribution in [1.82, 2.24) is 0 Å². The summed E-state index contributed by atoms with van der Waals surface area (Å²) in [4.78, 5) is 11.6. The Morgan fingerprint density at radius 2 is 2.21 bits per heavy atom. The maximum Gasteiger partial charge on any atom is 0.167 e. The van der Waals surface area contributed by atoms with E-state index in [1.165, 1.54) is 0 Å². The number of rotatable bonds is 4. The smallest absolute Gasteiger partial charge is 0.167 e.